The average molecular weight is 453 g/mol. The van der Waals surface area contributed by atoms with E-state index in [1.807, 2.05) is 6.07 Å². The maximum Gasteiger partial charge on any atom is 0.165 e. The molecule has 7 nitrogen and oxygen atoms in total. The summed E-state index contributed by atoms with van der Waals surface area (Å²) < 4.78 is 19.5. The highest BCUT2D eigenvalue weighted by Crippen LogP contribution is 2.33. The molecular weight excluding hydrogens is 423 g/mol. The zero-order valence-electron chi connectivity index (χ0n) is 18.5. The Hall–Kier alpha value is -2.81. The van der Waals surface area contributed by atoms with Gasteiger partial charge in [-0.15, -0.1) is 0 Å². The van der Waals surface area contributed by atoms with Crippen LogP contribution < -0.4 is 10.4 Å². The molecule has 3 aromatic rings. The molecule has 0 saturated carbocycles. The molecule has 0 unspecified atom stereocenters. The minimum Gasteiger partial charge on any atom is -0.507 e. The minimum atomic E-state index is -0.326. The first-order valence-electron chi connectivity index (χ1n) is 11.6. The van der Waals surface area contributed by atoms with Gasteiger partial charge in [-0.1, -0.05) is 12.1 Å². The monoisotopic (exact) mass is 452 g/mol. The highest BCUT2D eigenvalue weighted by Gasteiger charge is 2.26. The lowest BCUT2D eigenvalue weighted by atomic mass is 9.97. The van der Waals surface area contributed by atoms with Gasteiger partial charge in [0, 0.05) is 31.7 Å². The topological polar surface area (TPSA) is 79.7 Å². The lowest BCUT2D eigenvalue weighted by Gasteiger charge is -2.22. The van der Waals surface area contributed by atoms with E-state index in [9.17, 15) is 9.50 Å². The molecule has 174 valence electrons. The molecule has 2 N–H and O–H groups in total. The molecule has 8 heteroatoms. The summed E-state index contributed by atoms with van der Waals surface area (Å²) >= 11 is 0. The zero-order valence-corrected chi connectivity index (χ0v) is 18.5. The fourth-order valence-electron chi connectivity index (χ4n) is 4.60. The molecule has 0 radical (unpaired) electrons. The molecule has 2 saturated heterocycles. The summed E-state index contributed by atoms with van der Waals surface area (Å²) in [6.45, 7) is 3.85. The fourth-order valence-corrected chi connectivity index (χ4v) is 4.60. The number of benzene rings is 2. The van der Waals surface area contributed by atoms with Gasteiger partial charge in [-0.05, 0) is 61.9 Å². The standard InChI is InChI=1S/C25H29FN4O3/c26-18-5-6-22-21(15-18)25(28-24(27-22)20-3-1-2-4-23(20)31)30-11-7-19(16-30)29-33-14-10-17-8-12-32-13-9-17/h1-6,15,17,19,29,31H,7-14,16H2/t19-/m1/s1. The van der Waals surface area contributed by atoms with Crippen LogP contribution in [0.4, 0.5) is 10.2 Å². The van der Waals surface area contributed by atoms with Crippen molar-refractivity contribution in [1.82, 2.24) is 15.4 Å². The number of phenolic OH excluding ortho intramolecular Hbond substituents is 1. The van der Waals surface area contributed by atoms with Gasteiger partial charge in [-0.25, -0.2) is 14.4 Å². The molecule has 3 heterocycles. The second-order valence-electron chi connectivity index (χ2n) is 8.79. The predicted octanol–water partition coefficient (Wildman–Crippen LogP) is 4.06. The summed E-state index contributed by atoms with van der Waals surface area (Å²) in [7, 11) is 0. The molecule has 0 amide bonds. The number of hydrogen-bond donors (Lipinski definition) is 2. The number of ether oxygens (including phenoxy) is 1. The first-order valence-corrected chi connectivity index (χ1v) is 11.6. The Labute approximate surface area is 192 Å². The van der Waals surface area contributed by atoms with Crippen LogP contribution in [-0.2, 0) is 9.57 Å². The lowest BCUT2D eigenvalue weighted by Crippen LogP contribution is -2.33. The molecule has 0 bridgehead atoms. The third kappa shape index (κ3) is 5.08. The Morgan fingerprint density at radius 2 is 1.97 bits per heavy atom. The summed E-state index contributed by atoms with van der Waals surface area (Å²) in [6.07, 6.45) is 4.14. The molecule has 5 rings (SSSR count). The third-order valence-corrected chi connectivity index (χ3v) is 6.49. The molecule has 2 aromatic carbocycles. The highest BCUT2D eigenvalue weighted by atomic mass is 19.1. The smallest absolute Gasteiger partial charge is 0.165 e. The summed E-state index contributed by atoms with van der Waals surface area (Å²) in [5, 5.41) is 11.0. The molecule has 0 aliphatic carbocycles. The number of rotatable bonds is 7. The van der Waals surface area contributed by atoms with Gasteiger partial charge in [0.15, 0.2) is 5.82 Å². The molecule has 1 aromatic heterocycles. The summed E-state index contributed by atoms with van der Waals surface area (Å²) in [5.74, 6) is 1.56. The number of aromatic nitrogens is 2. The van der Waals surface area contributed by atoms with E-state index in [1.165, 1.54) is 12.1 Å². The van der Waals surface area contributed by atoms with Crippen molar-refractivity contribution in [2.45, 2.75) is 31.7 Å². The van der Waals surface area contributed by atoms with Crippen molar-refractivity contribution in [3.63, 3.8) is 0 Å². The number of nitrogens with one attached hydrogen (secondary N) is 1. The van der Waals surface area contributed by atoms with E-state index >= 15 is 0 Å². The van der Waals surface area contributed by atoms with Gasteiger partial charge in [-0.2, -0.15) is 5.48 Å². The van der Waals surface area contributed by atoms with Crippen molar-refractivity contribution < 1.29 is 19.1 Å². The quantitative estimate of drug-likeness (QED) is 0.413. The van der Waals surface area contributed by atoms with Crippen molar-refractivity contribution >= 4 is 16.7 Å². The van der Waals surface area contributed by atoms with Crippen LogP contribution in [0.2, 0.25) is 0 Å². The maximum absolute atomic E-state index is 14.1. The summed E-state index contributed by atoms with van der Waals surface area (Å²) in [5.41, 5.74) is 4.40. The molecule has 0 spiro atoms. The Balaban J connectivity index is 1.30. The highest BCUT2D eigenvalue weighted by molar-refractivity contribution is 5.91. The number of hydrogen-bond acceptors (Lipinski definition) is 7. The van der Waals surface area contributed by atoms with Gasteiger partial charge < -0.3 is 19.6 Å². The number of nitrogens with zero attached hydrogens (tertiary/aromatic N) is 3. The van der Waals surface area contributed by atoms with Crippen molar-refractivity contribution in [3.05, 3.63) is 48.3 Å². The normalized spacial score (nSPS) is 19.4. The molecule has 2 aliphatic heterocycles. The number of halogens is 1. The van der Waals surface area contributed by atoms with Crippen LogP contribution in [0.5, 0.6) is 5.75 Å². The molecule has 2 aliphatic rings. The Morgan fingerprint density at radius 3 is 2.82 bits per heavy atom. The van der Waals surface area contributed by atoms with E-state index in [4.69, 9.17) is 14.6 Å². The van der Waals surface area contributed by atoms with Crippen LogP contribution in [0.15, 0.2) is 42.5 Å². The van der Waals surface area contributed by atoms with Gasteiger partial charge in [0.2, 0.25) is 0 Å². The number of para-hydroxylation sites is 1. The SMILES string of the molecule is Oc1ccccc1-c1nc(N2CC[C@@H](NOCCC3CCOCC3)C2)c2cc(F)ccc2n1. The first kappa shape index (κ1) is 22.0. The minimum absolute atomic E-state index is 0.115. The van der Waals surface area contributed by atoms with Crippen molar-refractivity contribution in [2.75, 3.05) is 37.8 Å². The van der Waals surface area contributed by atoms with E-state index < -0.39 is 0 Å². The summed E-state index contributed by atoms with van der Waals surface area (Å²) in [4.78, 5) is 17.3. The van der Waals surface area contributed by atoms with Gasteiger partial charge in [0.05, 0.1) is 23.7 Å². The van der Waals surface area contributed by atoms with E-state index in [1.54, 1.807) is 24.3 Å². The molecule has 1 atom stereocenters. The van der Waals surface area contributed by atoms with Crippen LogP contribution in [0.1, 0.15) is 25.7 Å². The number of hydroxylamine groups is 1. The Bertz CT molecular complexity index is 1110. The molecular formula is C25H29FN4O3. The van der Waals surface area contributed by atoms with Crippen LogP contribution in [0.25, 0.3) is 22.3 Å². The number of fused-ring (bicyclic) bond motifs is 1. The van der Waals surface area contributed by atoms with Crippen molar-refractivity contribution in [2.24, 2.45) is 5.92 Å². The average Bonchev–Trinajstić information content (AvgIpc) is 3.31. The predicted molar refractivity (Wildman–Crippen MR) is 124 cm³/mol. The lowest BCUT2D eigenvalue weighted by molar-refractivity contribution is -0.000261. The van der Waals surface area contributed by atoms with Crippen LogP contribution >= 0.6 is 0 Å². The maximum atomic E-state index is 14.1. The third-order valence-electron chi connectivity index (χ3n) is 6.49. The van der Waals surface area contributed by atoms with Crippen LogP contribution in [0.3, 0.4) is 0 Å². The number of aromatic hydroxyl groups is 1. The largest absolute Gasteiger partial charge is 0.507 e. The number of anilines is 1. The molecule has 33 heavy (non-hydrogen) atoms. The van der Waals surface area contributed by atoms with Gasteiger partial charge in [-0.3, -0.25) is 0 Å². The Kier molecular flexibility index (Phi) is 6.66. The van der Waals surface area contributed by atoms with Crippen LogP contribution in [-0.4, -0.2) is 54.0 Å². The van der Waals surface area contributed by atoms with Gasteiger partial charge >= 0.3 is 0 Å². The van der Waals surface area contributed by atoms with E-state index in [0.29, 0.717) is 47.2 Å². The van der Waals surface area contributed by atoms with Gasteiger partial charge in [0.1, 0.15) is 17.4 Å². The van der Waals surface area contributed by atoms with E-state index in [0.717, 1.165) is 45.4 Å². The fraction of sp³-hybridized carbons (Fsp3) is 0.440. The van der Waals surface area contributed by atoms with Gasteiger partial charge in [0.25, 0.3) is 0 Å². The summed E-state index contributed by atoms with van der Waals surface area (Å²) in [6, 6.07) is 11.7. The second-order valence-corrected chi connectivity index (χ2v) is 8.79. The second kappa shape index (κ2) is 9.99. The zero-order chi connectivity index (χ0) is 22.6. The Morgan fingerprint density at radius 1 is 1.12 bits per heavy atom. The van der Waals surface area contributed by atoms with E-state index in [2.05, 4.69) is 15.4 Å². The van der Waals surface area contributed by atoms with Crippen molar-refractivity contribution in [1.29, 1.82) is 0 Å². The van der Waals surface area contributed by atoms with E-state index in [-0.39, 0.29) is 17.6 Å². The van der Waals surface area contributed by atoms with Crippen LogP contribution in [0, 0.1) is 11.7 Å². The van der Waals surface area contributed by atoms with Crippen molar-refractivity contribution in [3.8, 4) is 17.1 Å². The number of phenols is 1. The first-order chi connectivity index (χ1) is 16.2. The molecule has 2 fully saturated rings.